The number of nitrogens with one attached hydrogen (secondary N) is 3. The highest BCUT2D eigenvalue weighted by Crippen LogP contribution is 2.23. The van der Waals surface area contributed by atoms with Crippen LogP contribution in [-0.2, 0) is 11.4 Å². The van der Waals surface area contributed by atoms with Crippen LogP contribution in [0.4, 0.5) is 0 Å². The van der Waals surface area contributed by atoms with Crippen molar-refractivity contribution in [2.24, 2.45) is 5.92 Å². The number of hydrogen-bond acceptors (Lipinski definition) is 4. The van der Waals surface area contributed by atoms with Gasteiger partial charge in [0.2, 0.25) is 5.91 Å². The molecule has 1 aliphatic carbocycles. The number of benzene rings is 2. The van der Waals surface area contributed by atoms with Gasteiger partial charge in [-0.25, -0.2) is 0 Å². The van der Waals surface area contributed by atoms with Crippen LogP contribution in [0.2, 0.25) is 0 Å². The molecule has 0 heterocycles. The van der Waals surface area contributed by atoms with Crippen LogP contribution in [0.1, 0.15) is 48.0 Å². The zero-order valence-electron chi connectivity index (χ0n) is 16.1. The first-order valence-corrected chi connectivity index (χ1v) is 10.2. The molecule has 0 bridgehead atoms. The molecule has 2 amide bonds. The Morgan fingerprint density at radius 1 is 0.931 bits per heavy atom. The molecule has 0 atom stereocenters. The first-order chi connectivity index (χ1) is 14.1. The van der Waals surface area contributed by atoms with Gasteiger partial charge in [0.05, 0.1) is 0 Å². The average molecular weight is 412 g/mol. The number of carbonyl (C=O) groups excluding carboxylic acids is 2. The predicted molar refractivity (Wildman–Crippen MR) is 115 cm³/mol. The predicted octanol–water partition coefficient (Wildman–Crippen LogP) is 3.48. The number of carbonyl (C=O) groups is 2. The number of hydrogen-bond donors (Lipinski definition) is 3. The maximum Gasteiger partial charge on any atom is 0.269 e. The van der Waals surface area contributed by atoms with E-state index in [1.54, 1.807) is 24.3 Å². The summed E-state index contributed by atoms with van der Waals surface area (Å²) in [5.41, 5.74) is 6.60. The largest absolute Gasteiger partial charge is 0.489 e. The fourth-order valence-corrected chi connectivity index (χ4v) is 3.39. The smallest absolute Gasteiger partial charge is 0.269 e. The van der Waals surface area contributed by atoms with E-state index < -0.39 is 0 Å². The van der Waals surface area contributed by atoms with Crippen molar-refractivity contribution in [3.05, 3.63) is 65.7 Å². The third-order valence-corrected chi connectivity index (χ3v) is 5.07. The van der Waals surface area contributed by atoms with Crippen LogP contribution >= 0.6 is 12.2 Å². The maximum atomic E-state index is 12.2. The molecule has 0 aliphatic heterocycles. The van der Waals surface area contributed by atoms with Crippen molar-refractivity contribution in [1.82, 2.24) is 16.2 Å². The Labute approximate surface area is 176 Å². The minimum Gasteiger partial charge on any atom is -0.489 e. The molecule has 0 unspecified atom stereocenters. The Morgan fingerprint density at radius 2 is 1.62 bits per heavy atom. The molecular weight excluding hydrogens is 386 g/mol. The lowest BCUT2D eigenvalue weighted by Crippen LogP contribution is -2.49. The highest BCUT2D eigenvalue weighted by atomic mass is 32.1. The monoisotopic (exact) mass is 411 g/mol. The second kappa shape index (κ2) is 10.6. The van der Waals surface area contributed by atoms with Crippen LogP contribution in [0.25, 0.3) is 0 Å². The van der Waals surface area contributed by atoms with Crippen LogP contribution in [0.15, 0.2) is 54.6 Å². The van der Waals surface area contributed by atoms with Gasteiger partial charge in [-0.1, -0.05) is 49.6 Å². The van der Waals surface area contributed by atoms with Crippen molar-refractivity contribution in [3.8, 4) is 5.75 Å². The van der Waals surface area contributed by atoms with Gasteiger partial charge in [0.1, 0.15) is 12.4 Å². The summed E-state index contributed by atoms with van der Waals surface area (Å²) >= 11 is 5.09. The van der Waals surface area contributed by atoms with E-state index in [2.05, 4.69) is 16.2 Å². The van der Waals surface area contributed by atoms with Gasteiger partial charge in [-0.15, -0.1) is 0 Å². The summed E-state index contributed by atoms with van der Waals surface area (Å²) in [4.78, 5) is 24.4. The SMILES string of the molecule is O=C(NNC(=S)NC(=O)C1CCCCC1)c1ccc(OCc2ccccc2)cc1. The summed E-state index contributed by atoms with van der Waals surface area (Å²) in [6.07, 6.45) is 5.09. The summed E-state index contributed by atoms with van der Waals surface area (Å²) in [6, 6.07) is 16.7. The van der Waals surface area contributed by atoms with E-state index in [9.17, 15) is 9.59 Å². The number of amides is 2. The Kier molecular flexibility index (Phi) is 7.58. The molecule has 3 N–H and O–H groups in total. The fraction of sp³-hybridized carbons (Fsp3) is 0.318. The summed E-state index contributed by atoms with van der Waals surface area (Å²) in [7, 11) is 0. The van der Waals surface area contributed by atoms with Gasteiger partial charge in [-0.3, -0.25) is 20.4 Å². The van der Waals surface area contributed by atoms with Crippen LogP contribution in [0, 0.1) is 5.92 Å². The van der Waals surface area contributed by atoms with Crippen molar-refractivity contribution < 1.29 is 14.3 Å². The van der Waals surface area contributed by atoms with E-state index in [1.165, 1.54) is 6.42 Å². The van der Waals surface area contributed by atoms with Crippen molar-refractivity contribution >= 4 is 29.1 Å². The van der Waals surface area contributed by atoms with E-state index in [4.69, 9.17) is 17.0 Å². The molecule has 1 fully saturated rings. The summed E-state index contributed by atoms with van der Waals surface area (Å²) < 4.78 is 5.71. The lowest BCUT2D eigenvalue weighted by Gasteiger charge is -2.21. The molecule has 1 saturated carbocycles. The lowest BCUT2D eigenvalue weighted by atomic mass is 9.89. The third-order valence-electron chi connectivity index (χ3n) is 4.87. The molecule has 0 aromatic heterocycles. The van der Waals surface area contributed by atoms with Gasteiger partial charge in [0.25, 0.3) is 5.91 Å². The maximum absolute atomic E-state index is 12.2. The van der Waals surface area contributed by atoms with Crippen molar-refractivity contribution in [3.63, 3.8) is 0 Å². The van der Waals surface area contributed by atoms with Crippen molar-refractivity contribution in [2.75, 3.05) is 0 Å². The first kappa shape index (κ1) is 20.8. The zero-order valence-corrected chi connectivity index (χ0v) is 17.0. The molecule has 152 valence electrons. The minimum atomic E-state index is -0.353. The molecule has 0 radical (unpaired) electrons. The zero-order chi connectivity index (χ0) is 20.5. The van der Waals surface area contributed by atoms with Gasteiger partial charge in [0, 0.05) is 11.5 Å². The molecule has 1 aliphatic rings. The topological polar surface area (TPSA) is 79.5 Å². The Morgan fingerprint density at radius 3 is 2.31 bits per heavy atom. The molecule has 7 heteroatoms. The van der Waals surface area contributed by atoms with Crippen molar-refractivity contribution in [1.29, 1.82) is 0 Å². The number of hydrazine groups is 1. The van der Waals surface area contributed by atoms with E-state index in [0.29, 0.717) is 17.9 Å². The van der Waals surface area contributed by atoms with Gasteiger partial charge in [0.15, 0.2) is 5.11 Å². The number of rotatable bonds is 5. The van der Waals surface area contributed by atoms with E-state index in [0.717, 1.165) is 31.2 Å². The Balaban J connectivity index is 1.41. The number of ether oxygens (including phenoxy) is 1. The Bertz CT molecular complexity index is 834. The third kappa shape index (κ3) is 6.57. The second-order valence-corrected chi connectivity index (χ2v) is 7.44. The molecule has 3 rings (SSSR count). The molecule has 0 spiro atoms. The van der Waals surface area contributed by atoms with Gasteiger partial charge < -0.3 is 10.1 Å². The summed E-state index contributed by atoms with van der Waals surface area (Å²) in [6.45, 7) is 0.461. The van der Waals surface area contributed by atoms with E-state index in [-0.39, 0.29) is 22.8 Å². The molecular formula is C22H25N3O3S. The van der Waals surface area contributed by atoms with Crippen LogP contribution < -0.4 is 20.9 Å². The van der Waals surface area contributed by atoms with Gasteiger partial charge >= 0.3 is 0 Å². The van der Waals surface area contributed by atoms with Crippen molar-refractivity contribution in [2.45, 2.75) is 38.7 Å². The van der Waals surface area contributed by atoms with Crippen LogP contribution in [0.3, 0.4) is 0 Å². The highest BCUT2D eigenvalue weighted by Gasteiger charge is 2.21. The normalized spacial score (nSPS) is 13.9. The Hall–Kier alpha value is -2.93. The molecule has 0 saturated heterocycles. The highest BCUT2D eigenvalue weighted by molar-refractivity contribution is 7.80. The van der Waals surface area contributed by atoms with E-state index >= 15 is 0 Å². The summed E-state index contributed by atoms with van der Waals surface area (Å²) in [5.74, 6) is 0.238. The van der Waals surface area contributed by atoms with Gasteiger partial charge in [-0.05, 0) is 54.9 Å². The molecule has 29 heavy (non-hydrogen) atoms. The van der Waals surface area contributed by atoms with E-state index in [1.807, 2.05) is 30.3 Å². The average Bonchev–Trinajstić information content (AvgIpc) is 2.77. The molecule has 6 nitrogen and oxygen atoms in total. The first-order valence-electron chi connectivity index (χ1n) is 9.80. The van der Waals surface area contributed by atoms with Crippen LogP contribution in [-0.4, -0.2) is 16.9 Å². The number of thiocarbonyl (C=S) groups is 1. The molecule has 2 aromatic carbocycles. The quantitative estimate of drug-likeness (QED) is 0.519. The second-order valence-electron chi connectivity index (χ2n) is 7.03. The minimum absolute atomic E-state index is 0.00244. The fourth-order valence-electron chi connectivity index (χ4n) is 3.24. The standard InChI is InChI=1S/C22H25N3O3S/c26-20(17-9-5-2-6-10-17)23-22(29)25-24-21(27)18-11-13-19(14-12-18)28-15-16-7-3-1-4-8-16/h1,3-4,7-8,11-14,17H,2,5-6,9-10,15H2,(H,24,27)(H2,23,25,26,29). The molecule has 2 aromatic rings. The lowest BCUT2D eigenvalue weighted by molar-refractivity contribution is -0.124. The van der Waals surface area contributed by atoms with Gasteiger partial charge in [-0.2, -0.15) is 0 Å². The summed E-state index contributed by atoms with van der Waals surface area (Å²) in [5, 5.41) is 2.74. The van der Waals surface area contributed by atoms with Crippen LogP contribution in [0.5, 0.6) is 5.75 Å².